The average Bonchev–Trinajstić information content (AvgIpc) is 3.32. The van der Waals surface area contributed by atoms with Gasteiger partial charge < -0.3 is 14.7 Å². The lowest BCUT2D eigenvalue weighted by Gasteiger charge is -2.39. The van der Waals surface area contributed by atoms with Gasteiger partial charge in [0, 0.05) is 25.0 Å². The Hall–Kier alpha value is -1.92. The summed E-state index contributed by atoms with van der Waals surface area (Å²) in [6, 6.07) is 7.55. The number of hydrogen-bond donors (Lipinski definition) is 1. The Kier molecular flexibility index (Phi) is 5.82. The Morgan fingerprint density at radius 3 is 2.50 bits per heavy atom. The van der Waals surface area contributed by atoms with Crippen LogP contribution in [0.25, 0.3) is 11.5 Å². The van der Waals surface area contributed by atoms with Gasteiger partial charge in [0.2, 0.25) is 0 Å². The van der Waals surface area contributed by atoms with E-state index in [4.69, 9.17) is 4.52 Å². The van der Waals surface area contributed by atoms with E-state index in [1.54, 1.807) is 0 Å². The third-order valence-electron chi connectivity index (χ3n) is 5.93. The number of rotatable bonds is 2. The summed E-state index contributed by atoms with van der Waals surface area (Å²) in [5, 5.41) is 7.58. The quantitative estimate of drug-likeness (QED) is 0.826. The molecule has 0 radical (unpaired) electrons. The molecular formula is C21H29ClN4O2. The van der Waals surface area contributed by atoms with E-state index in [0.29, 0.717) is 28.3 Å². The Morgan fingerprint density at radius 2 is 1.89 bits per heavy atom. The summed E-state index contributed by atoms with van der Waals surface area (Å²) < 4.78 is 5.49. The molecule has 1 amide bonds. The van der Waals surface area contributed by atoms with Crippen molar-refractivity contribution < 1.29 is 9.32 Å². The van der Waals surface area contributed by atoms with Gasteiger partial charge in [0.1, 0.15) is 0 Å². The minimum absolute atomic E-state index is 0. The van der Waals surface area contributed by atoms with E-state index in [9.17, 15) is 4.79 Å². The summed E-state index contributed by atoms with van der Waals surface area (Å²) in [6.45, 7) is 9.94. The fraction of sp³-hybridized carbons (Fsp3) is 0.571. The van der Waals surface area contributed by atoms with Crippen LogP contribution >= 0.6 is 12.4 Å². The number of hydrogen-bond acceptors (Lipinski definition) is 5. The second-order valence-corrected chi connectivity index (χ2v) is 8.94. The maximum absolute atomic E-state index is 13.2. The third-order valence-corrected chi connectivity index (χ3v) is 5.93. The smallest absolute Gasteiger partial charge is 0.258 e. The van der Waals surface area contributed by atoms with E-state index in [1.165, 1.54) is 6.42 Å². The molecular weight excluding hydrogens is 376 g/mol. The highest BCUT2D eigenvalue weighted by Crippen LogP contribution is 2.37. The van der Waals surface area contributed by atoms with Gasteiger partial charge in [-0.2, -0.15) is 4.98 Å². The topological polar surface area (TPSA) is 71.3 Å². The number of amides is 1. The summed E-state index contributed by atoms with van der Waals surface area (Å²) >= 11 is 0. The first-order valence-electron chi connectivity index (χ1n) is 9.82. The van der Waals surface area contributed by atoms with Crippen LogP contribution in [0.5, 0.6) is 0 Å². The van der Waals surface area contributed by atoms with E-state index < -0.39 is 0 Å². The van der Waals surface area contributed by atoms with E-state index in [-0.39, 0.29) is 23.7 Å². The molecule has 7 heteroatoms. The molecule has 2 saturated heterocycles. The normalized spacial score (nSPS) is 18.9. The number of carbonyl (C=O) groups is 1. The number of likely N-dealkylation sites (tertiary alicyclic amines) is 1. The molecule has 0 aliphatic carbocycles. The van der Waals surface area contributed by atoms with Crippen LogP contribution in [0, 0.1) is 5.41 Å². The molecule has 2 fully saturated rings. The summed E-state index contributed by atoms with van der Waals surface area (Å²) in [7, 11) is 0. The minimum atomic E-state index is -0.197. The molecule has 0 bridgehead atoms. The van der Waals surface area contributed by atoms with Gasteiger partial charge >= 0.3 is 0 Å². The first-order valence-corrected chi connectivity index (χ1v) is 9.82. The zero-order valence-corrected chi connectivity index (χ0v) is 17.6. The van der Waals surface area contributed by atoms with Crippen molar-refractivity contribution in [3.63, 3.8) is 0 Å². The average molecular weight is 405 g/mol. The predicted molar refractivity (Wildman–Crippen MR) is 111 cm³/mol. The Bertz CT molecular complexity index is 827. The summed E-state index contributed by atoms with van der Waals surface area (Å²) in [6.07, 6.45) is 3.37. The van der Waals surface area contributed by atoms with E-state index >= 15 is 0 Å². The van der Waals surface area contributed by atoms with E-state index in [1.807, 2.05) is 49.9 Å². The lowest BCUT2D eigenvalue weighted by molar-refractivity contribution is 0.0608. The van der Waals surface area contributed by atoms with Crippen molar-refractivity contribution in [1.29, 1.82) is 0 Å². The summed E-state index contributed by atoms with van der Waals surface area (Å²) in [5.74, 6) is 1.12. The van der Waals surface area contributed by atoms with Gasteiger partial charge in [-0.15, -0.1) is 12.4 Å². The number of piperidine rings is 1. The molecule has 3 heterocycles. The molecule has 152 valence electrons. The summed E-state index contributed by atoms with van der Waals surface area (Å²) in [5.41, 5.74) is 1.55. The van der Waals surface area contributed by atoms with Crippen molar-refractivity contribution in [3.8, 4) is 11.5 Å². The summed E-state index contributed by atoms with van der Waals surface area (Å²) in [4.78, 5) is 19.7. The molecule has 1 N–H and O–H groups in total. The Labute approximate surface area is 172 Å². The molecule has 28 heavy (non-hydrogen) atoms. The van der Waals surface area contributed by atoms with Crippen molar-refractivity contribution >= 4 is 18.3 Å². The van der Waals surface area contributed by atoms with Crippen LogP contribution in [0.4, 0.5) is 0 Å². The maximum Gasteiger partial charge on any atom is 0.258 e. The van der Waals surface area contributed by atoms with Crippen molar-refractivity contribution in [2.45, 2.75) is 45.4 Å². The number of benzene rings is 1. The van der Waals surface area contributed by atoms with Crippen LogP contribution in [-0.4, -0.2) is 47.1 Å². The zero-order chi connectivity index (χ0) is 19.1. The van der Waals surface area contributed by atoms with Crippen molar-refractivity contribution in [2.24, 2.45) is 5.41 Å². The van der Waals surface area contributed by atoms with Gasteiger partial charge in [-0.3, -0.25) is 4.79 Å². The van der Waals surface area contributed by atoms with Crippen LogP contribution in [0.1, 0.15) is 56.2 Å². The molecule has 1 aromatic carbocycles. The Morgan fingerprint density at radius 1 is 1.18 bits per heavy atom. The van der Waals surface area contributed by atoms with Gasteiger partial charge in [0.15, 0.2) is 5.82 Å². The Balaban J connectivity index is 0.00000225. The third kappa shape index (κ3) is 3.94. The molecule has 2 aliphatic rings. The molecule has 0 unspecified atom stereocenters. The molecule has 0 saturated carbocycles. The molecule has 4 rings (SSSR count). The van der Waals surface area contributed by atoms with Crippen molar-refractivity contribution in [1.82, 2.24) is 20.4 Å². The van der Waals surface area contributed by atoms with E-state index in [0.717, 1.165) is 39.0 Å². The highest BCUT2D eigenvalue weighted by atomic mass is 35.5. The lowest BCUT2D eigenvalue weighted by atomic mass is 9.77. The van der Waals surface area contributed by atoms with Crippen molar-refractivity contribution in [2.75, 3.05) is 26.2 Å². The second-order valence-electron chi connectivity index (χ2n) is 8.94. The molecule has 2 aromatic rings. The highest BCUT2D eigenvalue weighted by Gasteiger charge is 2.38. The minimum Gasteiger partial charge on any atom is -0.339 e. The first kappa shape index (κ1) is 20.8. The van der Waals surface area contributed by atoms with E-state index in [2.05, 4.69) is 15.5 Å². The second kappa shape index (κ2) is 7.84. The van der Waals surface area contributed by atoms with Gasteiger partial charge in [-0.05, 0) is 43.4 Å². The van der Waals surface area contributed by atoms with Crippen LogP contribution in [0.15, 0.2) is 28.8 Å². The number of carbonyl (C=O) groups excluding carboxylic acids is 1. The van der Waals surface area contributed by atoms with Crippen LogP contribution in [0.2, 0.25) is 0 Å². The van der Waals surface area contributed by atoms with Crippen molar-refractivity contribution in [3.05, 3.63) is 35.7 Å². The number of nitrogens with zero attached hydrogens (tertiary/aromatic N) is 3. The van der Waals surface area contributed by atoms with Crippen LogP contribution < -0.4 is 5.32 Å². The number of aromatic nitrogens is 2. The van der Waals surface area contributed by atoms with Gasteiger partial charge in [0.25, 0.3) is 11.8 Å². The van der Waals surface area contributed by atoms with Gasteiger partial charge in [-0.1, -0.05) is 38.1 Å². The molecule has 6 nitrogen and oxygen atoms in total. The lowest BCUT2D eigenvalue weighted by Crippen LogP contribution is -2.44. The molecule has 2 aliphatic heterocycles. The number of halogens is 1. The number of nitrogens with one attached hydrogen (secondary N) is 1. The maximum atomic E-state index is 13.2. The monoisotopic (exact) mass is 404 g/mol. The molecule has 0 atom stereocenters. The molecule has 1 aromatic heterocycles. The van der Waals surface area contributed by atoms with Gasteiger partial charge in [-0.25, -0.2) is 0 Å². The van der Waals surface area contributed by atoms with Crippen LogP contribution in [0.3, 0.4) is 0 Å². The van der Waals surface area contributed by atoms with Gasteiger partial charge in [0.05, 0.1) is 11.1 Å². The highest BCUT2D eigenvalue weighted by molar-refractivity contribution is 6.00. The fourth-order valence-corrected chi connectivity index (χ4v) is 4.07. The first-order chi connectivity index (χ1) is 12.9. The molecule has 1 spiro atoms. The SMILES string of the molecule is CC(C)(C)c1noc(-c2ccccc2C(=O)N2CCC3(CCNC3)CC2)n1.Cl. The largest absolute Gasteiger partial charge is 0.339 e. The zero-order valence-electron chi connectivity index (χ0n) is 16.8. The van der Waals surface area contributed by atoms with Crippen LogP contribution in [-0.2, 0) is 5.41 Å². The standard InChI is InChI=1S/C21H28N4O2.ClH/c1-20(2,3)19-23-17(27-24-19)15-6-4-5-7-16(15)18(26)25-12-9-21(10-13-25)8-11-22-14-21;/h4-7,22H,8-14H2,1-3H3;1H. The fourth-order valence-electron chi connectivity index (χ4n) is 4.07. The predicted octanol–water partition coefficient (Wildman–Crippen LogP) is 3.67.